The van der Waals surface area contributed by atoms with Gasteiger partial charge in [-0.25, -0.2) is 9.98 Å². The van der Waals surface area contributed by atoms with E-state index in [0.29, 0.717) is 17.7 Å². The smallest absolute Gasteiger partial charge is 0.274 e. The number of benzene rings is 1. The fourth-order valence-corrected chi connectivity index (χ4v) is 6.46. The van der Waals surface area contributed by atoms with Gasteiger partial charge in [0.25, 0.3) is 5.91 Å². The highest BCUT2D eigenvalue weighted by Gasteiger charge is 2.54. The number of aliphatic imine (C=N–C) groups is 1. The molecule has 26 heavy (non-hydrogen) atoms. The van der Waals surface area contributed by atoms with Crippen molar-refractivity contribution in [2.45, 2.75) is 31.7 Å². The molecule has 5 atom stereocenters. The van der Waals surface area contributed by atoms with E-state index in [1.54, 1.807) is 11.3 Å². The zero-order valence-electron chi connectivity index (χ0n) is 14.3. The van der Waals surface area contributed by atoms with Crippen molar-refractivity contribution in [2.75, 3.05) is 0 Å². The molecule has 1 aromatic carbocycles. The van der Waals surface area contributed by atoms with E-state index in [1.165, 1.54) is 25.7 Å². The molecule has 132 valence electrons. The average Bonchev–Trinajstić information content (AvgIpc) is 3.34. The maximum atomic E-state index is 12.4. The summed E-state index contributed by atoms with van der Waals surface area (Å²) in [5.74, 6) is 3.84. The van der Waals surface area contributed by atoms with Crippen molar-refractivity contribution >= 4 is 39.5 Å². The summed E-state index contributed by atoms with van der Waals surface area (Å²) in [6.45, 7) is 0. The lowest BCUT2D eigenvalue weighted by atomic mass is 9.79. The van der Waals surface area contributed by atoms with E-state index in [9.17, 15) is 4.79 Å². The number of aromatic nitrogens is 1. The van der Waals surface area contributed by atoms with Crippen LogP contribution in [0.25, 0.3) is 16.3 Å². The number of guanidine groups is 1. The van der Waals surface area contributed by atoms with Gasteiger partial charge in [-0.1, -0.05) is 6.07 Å². The van der Waals surface area contributed by atoms with E-state index in [1.807, 2.05) is 23.7 Å². The zero-order valence-corrected chi connectivity index (χ0v) is 15.1. The van der Waals surface area contributed by atoms with Crippen molar-refractivity contribution in [1.29, 1.82) is 0 Å². The Labute approximate surface area is 155 Å². The molecule has 5 fully saturated rings. The number of carbonyl (C=O) groups is 1. The van der Waals surface area contributed by atoms with Gasteiger partial charge in [-0.05, 0) is 73.1 Å². The highest BCUT2D eigenvalue weighted by Crippen LogP contribution is 2.59. The van der Waals surface area contributed by atoms with Gasteiger partial charge < -0.3 is 5.32 Å². The lowest BCUT2D eigenvalue weighted by molar-refractivity contribution is -0.115. The van der Waals surface area contributed by atoms with E-state index < -0.39 is 0 Å². The molecule has 2 N–H and O–H groups in total. The molecule has 2 aromatic rings. The zero-order chi connectivity index (χ0) is 17.3. The van der Waals surface area contributed by atoms with Crippen LogP contribution < -0.4 is 10.6 Å². The Bertz CT molecular complexity index is 973. The molecule has 1 aliphatic heterocycles. The monoisotopic (exact) mass is 364 g/mol. The molecule has 1 aromatic heterocycles. The van der Waals surface area contributed by atoms with Crippen LogP contribution >= 0.6 is 11.3 Å². The van der Waals surface area contributed by atoms with E-state index in [2.05, 4.69) is 21.7 Å². The van der Waals surface area contributed by atoms with Gasteiger partial charge in [-0.3, -0.25) is 10.1 Å². The molecule has 0 radical (unpaired) electrons. The number of nitrogens with one attached hydrogen (secondary N) is 2. The van der Waals surface area contributed by atoms with Crippen molar-refractivity contribution in [3.63, 3.8) is 0 Å². The van der Waals surface area contributed by atoms with Crippen LogP contribution in [-0.2, 0) is 4.79 Å². The number of fused-ring (bicyclic) bond motifs is 1. The van der Waals surface area contributed by atoms with Crippen LogP contribution in [0.3, 0.4) is 0 Å². The van der Waals surface area contributed by atoms with Crippen molar-refractivity contribution in [3.8, 4) is 0 Å². The Balaban J connectivity index is 1.26. The second-order valence-electron chi connectivity index (χ2n) is 8.18. The second kappa shape index (κ2) is 5.39. The molecule has 4 saturated carbocycles. The molecule has 5 aliphatic rings. The summed E-state index contributed by atoms with van der Waals surface area (Å²) in [5, 5.41) is 6.14. The first-order valence-electron chi connectivity index (χ1n) is 9.44. The molecule has 5 unspecified atom stereocenters. The molecule has 4 aliphatic carbocycles. The van der Waals surface area contributed by atoms with Crippen molar-refractivity contribution in [2.24, 2.45) is 28.7 Å². The summed E-state index contributed by atoms with van der Waals surface area (Å²) in [6, 6.07) is 6.45. The number of rotatable bonds is 2. The van der Waals surface area contributed by atoms with Gasteiger partial charge in [-0.15, -0.1) is 11.3 Å². The average molecular weight is 364 g/mol. The Morgan fingerprint density at radius 1 is 1.15 bits per heavy atom. The first-order chi connectivity index (χ1) is 12.7. The van der Waals surface area contributed by atoms with Gasteiger partial charge >= 0.3 is 0 Å². The van der Waals surface area contributed by atoms with E-state index in [-0.39, 0.29) is 5.91 Å². The molecule has 1 saturated heterocycles. The fraction of sp³-hybridized carbons (Fsp3) is 0.450. The quantitative estimate of drug-likeness (QED) is 0.805. The minimum Gasteiger partial charge on any atom is -0.321 e. The van der Waals surface area contributed by atoms with Crippen molar-refractivity contribution < 1.29 is 4.79 Å². The molecule has 1 amide bonds. The third-order valence-corrected chi connectivity index (χ3v) is 7.48. The Morgan fingerprint density at radius 2 is 2.08 bits per heavy atom. The maximum Gasteiger partial charge on any atom is 0.274 e. The van der Waals surface area contributed by atoms with E-state index in [4.69, 9.17) is 4.99 Å². The highest BCUT2D eigenvalue weighted by molar-refractivity contribution is 7.16. The first-order valence-corrected chi connectivity index (χ1v) is 10.3. The molecule has 7 rings (SSSR count). The summed E-state index contributed by atoms with van der Waals surface area (Å²) >= 11 is 1.61. The Morgan fingerprint density at radius 3 is 3.00 bits per heavy atom. The molecule has 6 heteroatoms. The number of nitrogens with zero attached hydrogens (tertiary/aromatic N) is 2. The van der Waals surface area contributed by atoms with E-state index in [0.717, 1.165) is 39.5 Å². The van der Waals surface area contributed by atoms with Crippen molar-refractivity contribution in [1.82, 2.24) is 15.6 Å². The number of thiazole rings is 1. The number of carbonyl (C=O) groups excluding carboxylic acids is 1. The molecule has 4 bridgehead atoms. The van der Waals surface area contributed by atoms with Gasteiger partial charge in [0.05, 0.1) is 21.8 Å². The fourth-order valence-electron chi connectivity index (χ4n) is 5.73. The summed E-state index contributed by atoms with van der Waals surface area (Å²) < 4.78 is 1.13. The highest BCUT2D eigenvalue weighted by atomic mass is 32.1. The first kappa shape index (κ1) is 14.9. The lowest BCUT2D eigenvalue weighted by Gasteiger charge is -2.29. The van der Waals surface area contributed by atoms with Gasteiger partial charge in [-0.2, -0.15) is 0 Å². The van der Waals surface area contributed by atoms with Crippen LogP contribution in [0.1, 0.15) is 31.2 Å². The molecular weight excluding hydrogens is 344 g/mol. The van der Waals surface area contributed by atoms with Crippen LogP contribution in [0.2, 0.25) is 0 Å². The number of hydrogen-bond acceptors (Lipinski definition) is 4. The number of amides is 1. The molecular formula is C20H20N4OS. The SMILES string of the molecule is O=C1NC(=NC2C3CC4CC(C3)C2C4)N/C1=C\c1ccc2ncsc2c1. The topological polar surface area (TPSA) is 66.4 Å². The van der Waals surface area contributed by atoms with E-state index >= 15 is 0 Å². The van der Waals surface area contributed by atoms with Crippen LogP contribution in [-0.4, -0.2) is 22.9 Å². The summed E-state index contributed by atoms with van der Waals surface area (Å²) in [7, 11) is 0. The minimum atomic E-state index is -0.0967. The Kier molecular flexibility index (Phi) is 3.09. The third-order valence-electron chi connectivity index (χ3n) is 6.68. The summed E-state index contributed by atoms with van der Waals surface area (Å²) in [4.78, 5) is 21.6. The van der Waals surface area contributed by atoms with Crippen LogP contribution in [0.5, 0.6) is 0 Å². The normalized spacial score (nSPS) is 37.8. The predicted octanol–water partition coefficient (Wildman–Crippen LogP) is 3.15. The second-order valence-corrected chi connectivity index (χ2v) is 9.06. The summed E-state index contributed by atoms with van der Waals surface area (Å²) in [5.41, 5.74) is 4.41. The largest absolute Gasteiger partial charge is 0.321 e. The summed E-state index contributed by atoms with van der Waals surface area (Å²) in [6.07, 6.45) is 7.32. The molecule has 0 spiro atoms. The number of hydrogen-bond donors (Lipinski definition) is 2. The predicted molar refractivity (Wildman–Crippen MR) is 103 cm³/mol. The van der Waals surface area contributed by atoms with Gasteiger partial charge in [0.1, 0.15) is 5.70 Å². The van der Waals surface area contributed by atoms with Crippen molar-refractivity contribution in [3.05, 3.63) is 35.0 Å². The molecule has 2 heterocycles. The minimum absolute atomic E-state index is 0.0967. The van der Waals surface area contributed by atoms with Gasteiger partial charge in [0.2, 0.25) is 5.96 Å². The maximum absolute atomic E-state index is 12.4. The van der Waals surface area contributed by atoms with Gasteiger partial charge in [0, 0.05) is 0 Å². The third kappa shape index (κ3) is 2.24. The van der Waals surface area contributed by atoms with Crippen LogP contribution in [0.15, 0.2) is 34.4 Å². The molecule has 5 nitrogen and oxygen atoms in total. The van der Waals surface area contributed by atoms with Gasteiger partial charge in [0.15, 0.2) is 0 Å². The Hall–Kier alpha value is -2.21. The standard InChI is InChI=1S/C20H20N4OS/c25-19-16(6-10-1-2-15-17(7-10)26-9-21-15)22-20(24-19)23-18-13-4-11-3-12(8-13)14(18)5-11/h1-2,6-7,9,11-14,18H,3-5,8H2,(H2,22,23,24,25)/b16-6-. The lowest BCUT2D eigenvalue weighted by Crippen LogP contribution is -2.33. The van der Waals surface area contributed by atoms with Crippen LogP contribution in [0, 0.1) is 23.7 Å². The van der Waals surface area contributed by atoms with Crippen LogP contribution in [0.4, 0.5) is 0 Å².